The molecule has 16 rings (SSSR count). The number of carboxylic acid groups (broad SMARTS) is 1. The zero-order valence-electron chi connectivity index (χ0n) is 61.4. The lowest BCUT2D eigenvalue weighted by atomic mass is 9.93. The third kappa shape index (κ3) is 15.6. The van der Waals surface area contributed by atoms with Crippen LogP contribution in [0.15, 0.2) is 158 Å². The Morgan fingerprint density at radius 2 is 0.739 bits per heavy atom. The highest BCUT2D eigenvalue weighted by Crippen LogP contribution is 2.45. The third-order valence-corrected chi connectivity index (χ3v) is 20.8. The first-order chi connectivity index (χ1) is 53.5. The van der Waals surface area contributed by atoms with Crippen molar-refractivity contribution >= 4 is 68.2 Å². The fourth-order valence-corrected chi connectivity index (χ4v) is 14.9. The number of ether oxygens (including phenoxy) is 4. The molecule has 8 aromatic carbocycles. The normalized spacial score (nSPS) is 14.8. The van der Waals surface area contributed by atoms with Crippen LogP contribution in [0.4, 0.5) is 22.0 Å². The van der Waals surface area contributed by atoms with E-state index in [1.807, 2.05) is 54.6 Å². The molecule has 111 heavy (non-hydrogen) atoms. The fourth-order valence-electron chi connectivity index (χ4n) is 14.9. The number of benzene rings is 8. The quantitative estimate of drug-likeness (QED) is 0.0807. The molecule has 0 atom stereocenters. The Hall–Kier alpha value is -12.5. The maximum Gasteiger partial charge on any atom is 0.336 e. The number of nitrogens with zero attached hydrogens (tertiary/aromatic N) is 8. The number of likely N-dealkylation sites (tertiary alicyclic amines) is 2. The molecule has 0 saturated carbocycles. The summed E-state index contributed by atoms with van der Waals surface area (Å²) in [5.41, 5.74) is 10.6. The van der Waals surface area contributed by atoms with Gasteiger partial charge in [0, 0.05) is 118 Å². The topological polar surface area (TPSA) is 235 Å². The summed E-state index contributed by atoms with van der Waals surface area (Å²) in [7, 11) is 8.11. The molecule has 3 aromatic heterocycles. The molecule has 5 aliphatic heterocycles. The summed E-state index contributed by atoms with van der Waals surface area (Å²) >= 11 is 0. The van der Waals surface area contributed by atoms with Crippen LogP contribution < -0.4 is 18.9 Å². The van der Waals surface area contributed by atoms with E-state index in [-0.39, 0.29) is 139 Å². The Labute approximate surface area is 635 Å². The lowest BCUT2D eigenvalue weighted by Gasteiger charge is -2.30. The first-order valence-corrected chi connectivity index (χ1v) is 36.2. The smallest absolute Gasteiger partial charge is 0.336 e. The average Bonchev–Trinajstić information content (AvgIpc) is 1.65. The summed E-state index contributed by atoms with van der Waals surface area (Å²) in [5, 5.41) is 22.5. The first-order valence-electron chi connectivity index (χ1n) is 36.2. The molecule has 0 aliphatic carbocycles. The summed E-state index contributed by atoms with van der Waals surface area (Å²) < 4.78 is 90.7. The van der Waals surface area contributed by atoms with Gasteiger partial charge in [-0.05, 0) is 168 Å². The predicted molar refractivity (Wildman–Crippen MR) is 404 cm³/mol. The highest BCUT2D eigenvalue weighted by molar-refractivity contribution is 6.18. The van der Waals surface area contributed by atoms with E-state index in [0.29, 0.717) is 118 Å². The number of aromatic hydroxyl groups is 1. The number of alkyl halides is 2. The van der Waals surface area contributed by atoms with Crippen molar-refractivity contribution in [2.45, 2.75) is 90.1 Å². The predicted octanol–water partition coefficient (Wildman–Crippen LogP) is 14.4. The van der Waals surface area contributed by atoms with Gasteiger partial charge in [0.1, 0.15) is 71.1 Å². The Bertz CT molecular complexity index is 5470. The van der Waals surface area contributed by atoms with Crippen molar-refractivity contribution in [1.82, 2.24) is 39.5 Å². The second-order valence-electron chi connectivity index (χ2n) is 28.3. The largest absolute Gasteiger partial charge is 0.505 e. The van der Waals surface area contributed by atoms with Crippen LogP contribution in [0, 0.1) is 17.5 Å². The zero-order chi connectivity index (χ0) is 78.1. The van der Waals surface area contributed by atoms with Crippen molar-refractivity contribution in [3.8, 4) is 28.7 Å². The van der Waals surface area contributed by atoms with E-state index < -0.39 is 18.3 Å². The summed E-state index contributed by atoms with van der Waals surface area (Å²) in [5.74, 6) is -1.76. The van der Waals surface area contributed by atoms with Crippen LogP contribution >= 0.6 is 0 Å². The molecule has 8 heterocycles. The Morgan fingerprint density at radius 1 is 0.432 bits per heavy atom. The van der Waals surface area contributed by atoms with Crippen LogP contribution in [0.5, 0.6) is 28.7 Å². The van der Waals surface area contributed by atoms with E-state index in [1.165, 1.54) is 46.2 Å². The number of phenolic OH excluding ortho intramolecular Hbond substituents is 1. The lowest BCUT2D eigenvalue weighted by Crippen LogP contribution is -2.39. The minimum Gasteiger partial charge on any atom is -0.505 e. The number of rotatable bonds is 17. The second-order valence-corrected chi connectivity index (χ2v) is 28.3. The number of hydrogen-bond acceptors (Lipinski definition) is 14. The summed E-state index contributed by atoms with van der Waals surface area (Å²) in [6.07, 6.45) is 5.55. The molecule has 11 aromatic rings. The fraction of sp³-hybridized carbons (Fsp3) is 0.267. The minimum atomic E-state index is -1.14. The van der Waals surface area contributed by atoms with Gasteiger partial charge in [0.15, 0.2) is 17.2 Å². The van der Waals surface area contributed by atoms with Crippen LogP contribution in [0.2, 0.25) is 0 Å². The molecule has 0 spiro atoms. The number of aromatic nitrogens is 3. The van der Waals surface area contributed by atoms with Crippen LogP contribution in [0.1, 0.15) is 149 Å². The number of amides is 5. The molecule has 20 nitrogen and oxygen atoms in total. The van der Waals surface area contributed by atoms with Crippen molar-refractivity contribution in [3.63, 3.8) is 0 Å². The second kappa shape index (κ2) is 32.0. The maximum absolute atomic E-state index is 14.1. The van der Waals surface area contributed by atoms with Gasteiger partial charge in [0.25, 0.3) is 29.5 Å². The molecule has 0 bridgehead atoms. The van der Waals surface area contributed by atoms with Crippen molar-refractivity contribution in [2.24, 2.45) is 0 Å². The Balaban J connectivity index is 0.000000140. The number of piperidine rings is 2. The van der Waals surface area contributed by atoms with Crippen molar-refractivity contribution in [1.29, 1.82) is 0 Å². The first kappa shape index (κ1) is 75.3. The third-order valence-electron chi connectivity index (χ3n) is 20.8. The molecule has 568 valence electrons. The minimum absolute atomic E-state index is 0.0444. The molecule has 0 radical (unpaired) electrons. The number of fused-ring (bicyclic) bond motifs is 6. The molecule has 25 heteroatoms. The summed E-state index contributed by atoms with van der Waals surface area (Å²) in [6, 6.07) is 38.7. The monoisotopic (exact) mass is 1510 g/mol. The molecule has 0 unspecified atom stereocenters. The summed E-state index contributed by atoms with van der Waals surface area (Å²) in [6.45, 7) is 2.14. The summed E-state index contributed by atoms with van der Waals surface area (Å²) in [4.78, 5) is 101. The highest BCUT2D eigenvalue weighted by Gasteiger charge is 2.41. The number of carbonyl (C=O) groups excluding carboxylic acids is 5. The standard InChI is InChI=1S/C33H31F2N3O4.C28H23FN2O5.C25H23F2N3O3/c1-37-18-27-28(33(40)38-13-11-24(35)12-14-38)26-16-22(15-20-3-7-23(34)8-4-20)17-36-30(26)31(29(27)32(37)39)42-19-21-5-9-25(41-2)10-6-21;1-31-14-22-23(28(33)34)21-12-18(11-16-3-7-19(29)8-4-16)13-30-25(21)26(24(22)27(31)32)36-15-17-5-9-20(35-2)10-6-17;1-29-13-19-20(25(33)30-8-6-17(27)7-9-30)18-11-15(10-14-2-4-16(26)5-3-14)12-28-22(18)23(31)21(19)24(29)32/h3-10,16-17,24H,11-15,18-19H2,1-2H3;3-10,12-13H,11,14-15H2,1-2H3,(H,33,34);2-5,11-12,17,31H,6-10,13H2,1H3. The number of hydrogen-bond donors (Lipinski definition) is 2. The van der Waals surface area contributed by atoms with Gasteiger partial charge in [-0.15, -0.1) is 0 Å². The highest BCUT2D eigenvalue weighted by atomic mass is 19.1. The van der Waals surface area contributed by atoms with E-state index in [1.54, 1.807) is 117 Å². The van der Waals surface area contributed by atoms with Crippen LogP contribution in [0.3, 0.4) is 0 Å². The van der Waals surface area contributed by atoms with Crippen molar-refractivity contribution in [2.75, 3.05) is 61.5 Å². The average molecular weight is 1510 g/mol. The molecule has 2 fully saturated rings. The van der Waals surface area contributed by atoms with Crippen molar-refractivity contribution < 1.29 is 79.9 Å². The number of pyridine rings is 3. The number of carbonyl (C=O) groups is 6. The van der Waals surface area contributed by atoms with Crippen LogP contribution in [-0.2, 0) is 52.1 Å². The van der Waals surface area contributed by atoms with Gasteiger partial charge in [-0.2, -0.15) is 0 Å². The van der Waals surface area contributed by atoms with Gasteiger partial charge in [-0.3, -0.25) is 38.9 Å². The lowest BCUT2D eigenvalue weighted by molar-refractivity contribution is 0.0658. The van der Waals surface area contributed by atoms with Crippen LogP contribution in [-0.4, -0.2) is 159 Å². The van der Waals surface area contributed by atoms with Crippen LogP contribution in [0.25, 0.3) is 32.7 Å². The van der Waals surface area contributed by atoms with E-state index in [4.69, 9.17) is 23.9 Å². The molecule has 5 amide bonds. The maximum atomic E-state index is 14.1. The number of halogens is 5. The van der Waals surface area contributed by atoms with E-state index in [0.717, 1.165) is 50.3 Å². The van der Waals surface area contributed by atoms with Gasteiger partial charge in [0.2, 0.25) is 0 Å². The number of methoxy groups -OCH3 is 2. The van der Waals surface area contributed by atoms with Gasteiger partial charge in [-0.1, -0.05) is 60.7 Å². The van der Waals surface area contributed by atoms with E-state index in [2.05, 4.69) is 9.97 Å². The SMILES string of the molecule is CN1Cc2c(c(O)c3ncc(Cc4ccc(F)cc4)cc3c2C(=O)N2CCC(F)CC2)C1=O.COc1ccc(COc2c3c(c(C(=O)N4CCC(F)CC4)c4cc(Cc5ccc(F)cc5)cnc24)CN(C)C3=O)cc1.COc1ccc(COc2c3c(c(C(=O)O)c4cc(Cc5ccc(F)cc5)cnc24)CN(C)C3=O)cc1. The van der Waals surface area contributed by atoms with E-state index in [9.17, 15) is 60.9 Å². The molecular formula is C86H77F5N8O12. The Kier molecular flexibility index (Phi) is 21.7. The molecular weight excluding hydrogens is 1430 g/mol. The zero-order valence-corrected chi connectivity index (χ0v) is 61.4. The van der Waals surface area contributed by atoms with E-state index >= 15 is 0 Å². The number of aromatic carboxylic acids is 1. The van der Waals surface area contributed by atoms with Gasteiger partial charge in [-0.25, -0.2) is 26.7 Å². The van der Waals surface area contributed by atoms with Gasteiger partial charge in [0.05, 0.1) is 47.6 Å². The molecule has 5 aliphatic rings. The number of carboxylic acids is 1. The Morgan fingerprint density at radius 3 is 1.09 bits per heavy atom. The molecule has 2 saturated heterocycles. The number of phenols is 1. The van der Waals surface area contributed by atoms with Gasteiger partial charge < -0.3 is 53.7 Å². The van der Waals surface area contributed by atoms with Gasteiger partial charge >= 0.3 is 5.97 Å². The van der Waals surface area contributed by atoms with Crippen molar-refractivity contribution in [3.05, 3.63) is 270 Å². The molecule has 2 N–H and O–H groups in total.